The maximum atomic E-state index is 13.1. The van der Waals surface area contributed by atoms with Crippen LogP contribution in [0.3, 0.4) is 0 Å². The van der Waals surface area contributed by atoms with Crippen molar-refractivity contribution < 1.29 is 19.1 Å². The summed E-state index contributed by atoms with van der Waals surface area (Å²) < 4.78 is 13.1. The van der Waals surface area contributed by atoms with Crippen LogP contribution in [0.1, 0.15) is 31.2 Å². The molecule has 182 valence electrons. The summed E-state index contributed by atoms with van der Waals surface area (Å²) in [4.78, 5) is 29.4. The van der Waals surface area contributed by atoms with Crippen molar-refractivity contribution in [1.29, 1.82) is 0 Å². The summed E-state index contributed by atoms with van der Waals surface area (Å²) in [5.74, 6) is -0.656. The lowest BCUT2D eigenvalue weighted by molar-refractivity contribution is -0.121. The van der Waals surface area contributed by atoms with Crippen molar-refractivity contribution in [1.82, 2.24) is 15.1 Å². The summed E-state index contributed by atoms with van der Waals surface area (Å²) in [5, 5.41) is 16.2. The van der Waals surface area contributed by atoms with E-state index in [9.17, 15) is 19.1 Å². The summed E-state index contributed by atoms with van der Waals surface area (Å²) in [6.45, 7) is 3.55. The Labute approximate surface area is 203 Å². The minimum Gasteiger partial charge on any atom is -0.506 e. The first kappa shape index (κ1) is 24.3. The van der Waals surface area contributed by atoms with Crippen molar-refractivity contribution >= 4 is 29.2 Å². The van der Waals surface area contributed by atoms with Crippen LogP contribution in [0.25, 0.3) is 0 Å². The number of nitrogens with zero attached hydrogens (tertiary/aromatic N) is 2. The molecule has 0 spiro atoms. The molecule has 2 aromatic rings. The van der Waals surface area contributed by atoms with E-state index >= 15 is 0 Å². The average molecular weight is 489 g/mol. The Morgan fingerprint density at radius 3 is 2.35 bits per heavy atom. The molecule has 9 heteroatoms. The van der Waals surface area contributed by atoms with Crippen molar-refractivity contribution in [2.24, 2.45) is 5.92 Å². The molecular weight excluding hydrogens is 459 g/mol. The summed E-state index contributed by atoms with van der Waals surface area (Å²) in [5.41, 5.74) is 1.38. The number of aromatic hydroxyl groups is 1. The second kappa shape index (κ2) is 11.1. The zero-order valence-electron chi connectivity index (χ0n) is 19.0. The molecule has 3 amide bonds. The van der Waals surface area contributed by atoms with E-state index < -0.39 is 0 Å². The zero-order valence-corrected chi connectivity index (χ0v) is 19.7. The van der Waals surface area contributed by atoms with Gasteiger partial charge in [-0.2, -0.15) is 0 Å². The van der Waals surface area contributed by atoms with E-state index in [0.717, 1.165) is 38.0 Å². The number of urea groups is 1. The van der Waals surface area contributed by atoms with E-state index in [0.29, 0.717) is 36.6 Å². The Morgan fingerprint density at radius 1 is 1.00 bits per heavy atom. The Kier molecular flexibility index (Phi) is 7.90. The van der Waals surface area contributed by atoms with Gasteiger partial charge in [-0.15, -0.1) is 0 Å². The highest BCUT2D eigenvalue weighted by molar-refractivity contribution is 6.31. The van der Waals surface area contributed by atoms with Crippen LogP contribution in [-0.4, -0.2) is 59.1 Å². The third-order valence-electron chi connectivity index (χ3n) is 6.60. The van der Waals surface area contributed by atoms with Gasteiger partial charge in [-0.25, -0.2) is 9.18 Å². The fourth-order valence-corrected chi connectivity index (χ4v) is 4.71. The minimum atomic E-state index is -0.227. The number of carbonyl (C=O) groups is 2. The fourth-order valence-electron chi connectivity index (χ4n) is 4.54. The van der Waals surface area contributed by atoms with Gasteiger partial charge in [0, 0.05) is 49.7 Å². The molecule has 2 heterocycles. The molecule has 0 bridgehead atoms. The SMILES string of the molecule is O=C(Nc1cc(Cl)ccc1O)C1CCN(C(=O)NC2CCN(Cc3ccc(F)cc3)CC2)CC1. The van der Waals surface area contributed by atoms with Crippen LogP contribution >= 0.6 is 11.6 Å². The second-order valence-corrected chi connectivity index (χ2v) is 9.47. The number of nitrogens with one attached hydrogen (secondary N) is 2. The third-order valence-corrected chi connectivity index (χ3v) is 6.84. The summed E-state index contributed by atoms with van der Waals surface area (Å²) in [7, 11) is 0. The van der Waals surface area contributed by atoms with Crippen LogP contribution in [0.15, 0.2) is 42.5 Å². The largest absolute Gasteiger partial charge is 0.506 e. The molecule has 0 atom stereocenters. The number of likely N-dealkylation sites (tertiary alicyclic amines) is 2. The topological polar surface area (TPSA) is 84.9 Å². The number of benzene rings is 2. The quantitative estimate of drug-likeness (QED) is 0.550. The molecule has 34 heavy (non-hydrogen) atoms. The molecule has 2 saturated heterocycles. The molecule has 0 radical (unpaired) electrons. The summed E-state index contributed by atoms with van der Waals surface area (Å²) >= 11 is 5.94. The predicted molar refractivity (Wildman–Crippen MR) is 129 cm³/mol. The third kappa shape index (κ3) is 6.39. The highest BCUT2D eigenvalue weighted by Gasteiger charge is 2.29. The van der Waals surface area contributed by atoms with E-state index in [4.69, 9.17) is 11.6 Å². The minimum absolute atomic E-state index is 0.0294. The number of phenols is 1. The van der Waals surface area contributed by atoms with Crippen molar-refractivity contribution in [2.45, 2.75) is 38.3 Å². The van der Waals surface area contributed by atoms with Crippen LogP contribution in [0.4, 0.5) is 14.9 Å². The molecule has 0 unspecified atom stereocenters. The highest BCUT2D eigenvalue weighted by Crippen LogP contribution is 2.28. The highest BCUT2D eigenvalue weighted by atomic mass is 35.5. The predicted octanol–water partition coefficient (Wildman–Crippen LogP) is 4.21. The van der Waals surface area contributed by atoms with Crippen LogP contribution in [-0.2, 0) is 11.3 Å². The smallest absolute Gasteiger partial charge is 0.317 e. The van der Waals surface area contributed by atoms with Gasteiger partial charge in [0.1, 0.15) is 11.6 Å². The Balaban J connectivity index is 1.18. The van der Waals surface area contributed by atoms with Crippen molar-refractivity contribution in [3.63, 3.8) is 0 Å². The summed E-state index contributed by atoms with van der Waals surface area (Å²) in [6.07, 6.45) is 2.87. The number of piperidine rings is 2. The maximum Gasteiger partial charge on any atom is 0.317 e. The lowest BCUT2D eigenvalue weighted by Gasteiger charge is -2.35. The first-order valence-electron chi connectivity index (χ1n) is 11.7. The molecule has 0 saturated carbocycles. The van der Waals surface area contributed by atoms with E-state index in [1.165, 1.54) is 24.3 Å². The fraction of sp³-hybridized carbons (Fsp3) is 0.440. The number of rotatable bonds is 5. The molecule has 0 aliphatic carbocycles. The van der Waals surface area contributed by atoms with Gasteiger partial charge in [0.25, 0.3) is 0 Å². The average Bonchev–Trinajstić information content (AvgIpc) is 2.84. The Hall–Kier alpha value is -2.84. The van der Waals surface area contributed by atoms with E-state index in [1.54, 1.807) is 11.0 Å². The molecule has 2 aliphatic rings. The first-order chi connectivity index (χ1) is 16.4. The number of hydrogen-bond acceptors (Lipinski definition) is 4. The number of phenolic OH excluding ortho intramolecular Hbond substituents is 1. The van der Waals surface area contributed by atoms with Gasteiger partial charge < -0.3 is 20.6 Å². The van der Waals surface area contributed by atoms with Crippen molar-refractivity contribution in [3.8, 4) is 5.75 Å². The van der Waals surface area contributed by atoms with Crippen molar-refractivity contribution in [2.75, 3.05) is 31.5 Å². The van der Waals surface area contributed by atoms with Crippen LogP contribution in [0.2, 0.25) is 5.02 Å². The molecule has 2 aromatic carbocycles. The standard InChI is InChI=1S/C25H30ClFN4O3/c26-19-3-6-23(32)22(15-19)29-24(33)18-7-13-31(14-8-18)25(34)28-21-9-11-30(12-10-21)16-17-1-4-20(27)5-2-17/h1-6,15,18,21,32H,7-14,16H2,(H,28,34)(H,29,33). The molecule has 7 nitrogen and oxygen atoms in total. The maximum absolute atomic E-state index is 13.1. The van der Waals surface area contributed by atoms with Gasteiger partial charge in [0.05, 0.1) is 5.69 Å². The second-order valence-electron chi connectivity index (χ2n) is 9.04. The van der Waals surface area contributed by atoms with Crippen molar-refractivity contribution in [3.05, 3.63) is 58.9 Å². The zero-order chi connectivity index (χ0) is 24.1. The van der Waals surface area contributed by atoms with Crippen LogP contribution in [0.5, 0.6) is 5.75 Å². The van der Waals surface area contributed by atoms with Gasteiger partial charge in [-0.3, -0.25) is 9.69 Å². The number of anilines is 1. The molecule has 2 fully saturated rings. The monoisotopic (exact) mass is 488 g/mol. The van der Waals surface area contributed by atoms with E-state index in [1.807, 2.05) is 12.1 Å². The summed E-state index contributed by atoms with van der Waals surface area (Å²) in [6, 6.07) is 11.1. The van der Waals surface area contributed by atoms with Crippen LogP contribution in [0, 0.1) is 11.7 Å². The molecule has 2 aliphatic heterocycles. The van der Waals surface area contributed by atoms with Gasteiger partial charge in [0.2, 0.25) is 5.91 Å². The number of amides is 3. The molecule has 0 aromatic heterocycles. The number of halogens is 2. The van der Waals surface area contributed by atoms with Gasteiger partial charge in [-0.1, -0.05) is 23.7 Å². The van der Waals surface area contributed by atoms with Gasteiger partial charge >= 0.3 is 6.03 Å². The lowest BCUT2D eigenvalue weighted by Crippen LogP contribution is -2.51. The Morgan fingerprint density at radius 2 is 1.68 bits per heavy atom. The molecule has 4 rings (SSSR count). The van der Waals surface area contributed by atoms with Gasteiger partial charge in [0.15, 0.2) is 0 Å². The van der Waals surface area contributed by atoms with E-state index in [-0.39, 0.29) is 35.5 Å². The molecular formula is C25H30ClFN4O3. The van der Waals surface area contributed by atoms with Gasteiger partial charge in [-0.05, 0) is 61.6 Å². The first-order valence-corrected chi connectivity index (χ1v) is 12.1. The number of hydrogen-bond donors (Lipinski definition) is 3. The number of carbonyl (C=O) groups excluding carboxylic acids is 2. The Bertz CT molecular complexity index is 1000. The van der Waals surface area contributed by atoms with Crippen LogP contribution < -0.4 is 10.6 Å². The lowest BCUT2D eigenvalue weighted by atomic mass is 9.96. The molecule has 3 N–H and O–H groups in total. The normalized spacial score (nSPS) is 18.0. The van der Waals surface area contributed by atoms with E-state index in [2.05, 4.69) is 15.5 Å².